The van der Waals surface area contributed by atoms with Crippen LogP contribution in [0.25, 0.3) is 0 Å². The minimum absolute atomic E-state index is 0.0906. The fraction of sp³-hybridized carbons (Fsp3) is 0.318. The van der Waals surface area contributed by atoms with Crippen molar-refractivity contribution < 1.29 is 14.4 Å². The summed E-state index contributed by atoms with van der Waals surface area (Å²) in [5.74, 6) is -0.460. The van der Waals surface area contributed by atoms with Gasteiger partial charge >= 0.3 is 0 Å². The zero-order valence-electron chi connectivity index (χ0n) is 15.3. The van der Waals surface area contributed by atoms with Crippen molar-refractivity contribution in [3.8, 4) is 0 Å². The van der Waals surface area contributed by atoms with E-state index in [-0.39, 0.29) is 30.3 Å². The lowest BCUT2D eigenvalue weighted by molar-refractivity contribution is -0.134. The largest absolute Gasteiger partial charge is 0.334 e. The summed E-state index contributed by atoms with van der Waals surface area (Å²) in [4.78, 5) is 41.1. The molecule has 1 fully saturated rings. The Morgan fingerprint density at radius 3 is 2.11 bits per heavy atom. The lowest BCUT2D eigenvalue weighted by Crippen LogP contribution is -2.46. The SMILES string of the molecule is CC(C1CC1)N(Cc1ccccc1)C(=O)CN1C(=O)c2ccccc2C1=O. The highest BCUT2D eigenvalue weighted by Crippen LogP contribution is 2.36. The van der Waals surface area contributed by atoms with Gasteiger partial charge in [-0.15, -0.1) is 0 Å². The van der Waals surface area contributed by atoms with Gasteiger partial charge in [-0.25, -0.2) is 0 Å². The molecule has 0 N–H and O–H groups in total. The molecule has 5 heteroatoms. The average molecular weight is 362 g/mol. The van der Waals surface area contributed by atoms with Gasteiger partial charge in [0.1, 0.15) is 6.54 Å². The van der Waals surface area contributed by atoms with E-state index in [1.54, 1.807) is 24.3 Å². The van der Waals surface area contributed by atoms with E-state index in [0.717, 1.165) is 23.3 Å². The Balaban J connectivity index is 1.53. The van der Waals surface area contributed by atoms with Crippen LogP contribution in [0.2, 0.25) is 0 Å². The highest BCUT2D eigenvalue weighted by atomic mass is 16.2. The molecule has 0 aromatic heterocycles. The number of hydrogen-bond donors (Lipinski definition) is 0. The van der Waals surface area contributed by atoms with Crippen molar-refractivity contribution in [3.63, 3.8) is 0 Å². The van der Waals surface area contributed by atoms with Crippen LogP contribution in [0.1, 0.15) is 46.0 Å². The Kier molecular flexibility index (Phi) is 4.52. The first kappa shape index (κ1) is 17.5. The Hall–Kier alpha value is -2.95. The molecule has 1 aliphatic carbocycles. The maximum absolute atomic E-state index is 13.1. The van der Waals surface area contributed by atoms with Crippen molar-refractivity contribution >= 4 is 17.7 Å². The average Bonchev–Trinajstić information content (AvgIpc) is 3.51. The summed E-state index contributed by atoms with van der Waals surface area (Å²) in [7, 11) is 0. The van der Waals surface area contributed by atoms with Crippen molar-refractivity contribution in [3.05, 3.63) is 71.3 Å². The lowest BCUT2D eigenvalue weighted by atomic mass is 10.1. The fourth-order valence-electron chi connectivity index (χ4n) is 3.68. The number of hydrogen-bond acceptors (Lipinski definition) is 3. The van der Waals surface area contributed by atoms with E-state index in [1.807, 2.05) is 35.2 Å². The van der Waals surface area contributed by atoms with Crippen LogP contribution in [0, 0.1) is 5.92 Å². The van der Waals surface area contributed by atoms with Crippen molar-refractivity contribution in [1.29, 1.82) is 0 Å². The second-order valence-corrected chi connectivity index (χ2v) is 7.33. The molecule has 4 rings (SSSR count). The molecule has 3 amide bonds. The monoisotopic (exact) mass is 362 g/mol. The van der Waals surface area contributed by atoms with E-state index in [0.29, 0.717) is 23.6 Å². The quantitative estimate of drug-likeness (QED) is 0.742. The number of fused-ring (bicyclic) bond motifs is 1. The number of rotatable bonds is 6. The zero-order chi connectivity index (χ0) is 19.0. The predicted octanol–water partition coefficient (Wildman–Crippen LogP) is 3.11. The second-order valence-electron chi connectivity index (χ2n) is 7.33. The summed E-state index contributed by atoms with van der Waals surface area (Å²) >= 11 is 0. The summed E-state index contributed by atoms with van der Waals surface area (Å²) in [6.07, 6.45) is 2.24. The van der Waals surface area contributed by atoms with E-state index in [9.17, 15) is 14.4 Å². The molecule has 1 atom stereocenters. The van der Waals surface area contributed by atoms with Gasteiger partial charge in [0, 0.05) is 12.6 Å². The number of benzene rings is 2. The molecule has 2 aliphatic rings. The van der Waals surface area contributed by atoms with Crippen LogP contribution >= 0.6 is 0 Å². The van der Waals surface area contributed by atoms with Gasteiger partial charge in [-0.1, -0.05) is 42.5 Å². The molecule has 5 nitrogen and oxygen atoms in total. The molecular weight excluding hydrogens is 340 g/mol. The Bertz CT molecular complexity index is 854. The number of carbonyl (C=O) groups is 3. The fourth-order valence-corrected chi connectivity index (χ4v) is 3.68. The summed E-state index contributed by atoms with van der Waals surface area (Å²) < 4.78 is 0. The van der Waals surface area contributed by atoms with Gasteiger partial charge in [-0.2, -0.15) is 0 Å². The van der Waals surface area contributed by atoms with Crippen LogP contribution in [-0.2, 0) is 11.3 Å². The van der Waals surface area contributed by atoms with Crippen molar-refractivity contribution in [2.24, 2.45) is 5.92 Å². The van der Waals surface area contributed by atoms with Crippen molar-refractivity contribution in [2.45, 2.75) is 32.4 Å². The van der Waals surface area contributed by atoms with E-state index in [2.05, 4.69) is 6.92 Å². The molecule has 0 saturated heterocycles. The van der Waals surface area contributed by atoms with E-state index in [4.69, 9.17) is 0 Å². The van der Waals surface area contributed by atoms with Crippen LogP contribution in [0.4, 0.5) is 0 Å². The zero-order valence-corrected chi connectivity index (χ0v) is 15.3. The molecule has 27 heavy (non-hydrogen) atoms. The van der Waals surface area contributed by atoms with Crippen LogP contribution in [0.5, 0.6) is 0 Å². The third-order valence-electron chi connectivity index (χ3n) is 5.48. The molecule has 1 aliphatic heterocycles. The van der Waals surface area contributed by atoms with Crippen LogP contribution < -0.4 is 0 Å². The summed E-state index contributed by atoms with van der Waals surface area (Å²) in [6, 6.07) is 16.6. The van der Waals surface area contributed by atoms with E-state index >= 15 is 0 Å². The van der Waals surface area contributed by atoms with Crippen LogP contribution in [-0.4, -0.2) is 40.1 Å². The van der Waals surface area contributed by atoms with Gasteiger partial charge in [-0.05, 0) is 43.4 Å². The van der Waals surface area contributed by atoms with Gasteiger partial charge in [0.05, 0.1) is 11.1 Å². The molecular formula is C22H22N2O3. The summed E-state index contributed by atoms with van der Waals surface area (Å²) in [6.45, 7) is 2.33. The maximum atomic E-state index is 13.1. The standard InChI is InChI=1S/C22H22N2O3/c1-15(17-11-12-17)23(13-16-7-3-2-4-8-16)20(25)14-24-21(26)18-9-5-6-10-19(18)22(24)27/h2-10,15,17H,11-14H2,1H3. The Labute approximate surface area is 158 Å². The number of carbonyl (C=O) groups excluding carboxylic acids is 3. The first-order valence-corrected chi connectivity index (χ1v) is 9.35. The molecule has 2 aromatic rings. The topological polar surface area (TPSA) is 57.7 Å². The predicted molar refractivity (Wildman–Crippen MR) is 101 cm³/mol. The minimum atomic E-state index is -0.386. The number of nitrogens with zero attached hydrogens (tertiary/aromatic N) is 2. The molecule has 1 unspecified atom stereocenters. The first-order valence-electron chi connectivity index (χ1n) is 9.35. The Morgan fingerprint density at radius 1 is 1.00 bits per heavy atom. The highest BCUT2D eigenvalue weighted by molar-refractivity contribution is 6.22. The van der Waals surface area contributed by atoms with Gasteiger partial charge in [0.15, 0.2) is 0 Å². The normalized spacial score (nSPS) is 17.0. The van der Waals surface area contributed by atoms with Gasteiger partial charge in [0.25, 0.3) is 11.8 Å². The minimum Gasteiger partial charge on any atom is -0.334 e. The third kappa shape index (κ3) is 3.37. The summed E-state index contributed by atoms with van der Waals surface area (Å²) in [5.41, 5.74) is 1.79. The van der Waals surface area contributed by atoms with Crippen LogP contribution in [0.15, 0.2) is 54.6 Å². The van der Waals surface area contributed by atoms with Gasteiger partial charge in [-0.3, -0.25) is 19.3 Å². The maximum Gasteiger partial charge on any atom is 0.262 e. The second kappa shape index (κ2) is 6.99. The van der Waals surface area contributed by atoms with Gasteiger partial charge in [0.2, 0.25) is 5.91 Å². The molecule has 0 bridgehead atoms. The number of amides is 3. The first-order chi connectivity index (χ1) is 13.1. The Morgan fingerprint density at radius 2 is 1.56 bits per heavy atom. The van der Waals surface area contributed by atoms with Crippen molar-refractivity contribution in [1.82, 2.24) is 9.80 Å². The molecule has 1 saturated carbocycles. The smallest absolute Gasteiger partial charge is 0.262 e. The molecule has 1 heterocycles. The van der Waals surface area contributed by atoms with Gasteiger partial charge < -0.3 is 4.90 Å². The lowest BCUT2D eigenvalue weighted by Gasteiger charge is -2.31. The van der Waals surface area contributed by atoms with E-state index in [1.165, 1.54) is 0 Å². The van der Waals surface area contributed by atoms with E-state index < -0.39 is 0 Å². The van der Waals surface area contributed by atoms with Crippen LogP contribution in [0.3, 0.4) is 0 Å². The number of imide groups is 1. The summed E-state index contributed by atoms with van der Waals surface area (Å²) in [5, 5.41) is 0. The molecule has 0 radical (unpaired) electrons. The highest BCUT2D eigenvalue weighted by Gasteiger charge is 2.39. The molecule has 138 valence electrons. The third-order valence-corrected chi connectivity index (χ3v) is 5.48. The van der Waals surface area contributed by atoms with Crippen molar-refractivity contribution in [2.75, 3.05) is 6.54 Å². The molecule has 0 spiro atoms. The molecule has 2 aromatic carbocycles.